The van der Waals surface area contributed by atoms with Crippen molar-refractivity contribution in [3.8, 4) is 5.75 Å². The van der Waals surface area contributed by atoms with Gasteiger partial charge in [0.05, 0.1) is 29.8 Å². The van der Waals surface area contributed by atoms with Gasteiger partial charge in [-0.25, -0.2) is 13.1 Å². The Bertz CT molecular complexity index is 1010. The first-order valence-corrected chi connectivity index (χ1v) is 11.9. The molecule has 4 rings (SSSR count). The molecule has 0 spiro atoms. The number of phenols is 1. The Labute approximate surface area is 176 Å². The molecular weight excluding hydrogens is 406 g/mol. The van der Waals surface area contributed by atoms with E-state index in [1.807, 2.05) is 19.1 Å². The average molecular weight is 434 g/mol. The monoisotopic (exact) mass is 433 g/mol. The molecule has 0 aliphatic carbocycles. The zero-order valence-electron chi connectivity index (χ0n) is 17.0. The highest BCUT2D eigenvalue weighted by Gasteiger charge is 2.31. The first-order chi connectivity index (χ1) is 14.3. The van der Waals surface area contributed by atoms with Crippen molar-refractivity contribution >= 4 is 27.2 Å². The lowest BCUT2D eigenvalue weighted by Gasteiger charge is -2.35. The number of anilines is 2. The highest BCUT2D eigenvalue weighted by molar-refractivity contribution is 7.91. The number of hydrogen-bond donors (Lipinski definition) is 2. The van der Waals surface area contributed by atoms with Gasteiger partial charge >= 0.3 is 0 Å². The number of rotatable bonds is 5. The number of nitrogens with one attached hydrogen (secondary N) is 1. The normalized spacial score (nSPS) is 21.6. The van der Waals surface area contributed by atoms with Crippen molar-refractivity contribution in [1.82, 2.24) is 14.7 Å². The summed E-state index contributed by atoms with van der Waals surface area (Å²) in [6, 6.07) is 8.69. The van der Waals surface area contributed by atoms with E-state index in [-0.39, 0.29) is 35.7 Å². The van der Waals surface area contributed by atoms with Crippen LogP contribution in [0.2, 0.25) is 0 Å². The molecule has 2 N–H and O–H groups in total. The molecule has 0 radical (unpaired) electrons. The van der Waals surface area contributed by atoms with Crippen LogP contribution in [0.5, 0.6) is 5.75 Å². The van der Waals surface area contributed by atoms with Crippen molar-refractivity contribution < 1.29 is 18.3 Å². The third-order valence-corrected chi connectivity index (χ3v) is 7.38. The summed E-state index contributed by atoms with van der Waals surface area (Å²) in [5.41, 5.74) is 1.81. The minimum Gasteiger partial charge on any atom is -0.508 e. The topological polar surface area (TPSA) is 108 Å². The van der Waals surface area contributed by atoms with Crippen LogP contribution in [0, 0.1) is 6.92 Å². The van der Waals surface area contributed by atoms with Crippen LogP contribution in [0.1, 0.15) is 18.2 Å². The lowest BCUT2D eigenvalue weighted by Crippen LogP contribution is -2.48. The van der Waals surface area contributed by atoms with E-state index in [0.717, 1.165) is 37.6 Å². The molecule has 1 aromatic carbocycles. The molecule has 3 heterocycles. The molecule has 1 aromatic heterocycles. The Kier molecular flexibility index (Phi) is 5.70. The second kappa shape index (κ2) is 8.27. The Morgan fingerprint density at radius 2 is 1.90 bits per heavy atom. The molecule has 0 bridgehead atoms. The third-order valence-electron chi connectivity index (χ3n) is 5.63. The van der Waals surface area contributed by atoms with Gasteiger partial charge in [0.25, 0.3) is 0 Å². The number of sulfone groups is 1. The van der Waals surface area contributed by atoms with Crippen LogP contribution < -0.4 is 10.2 Å². The number of piperazine rings is 1. The molecule has 30 heavy (non-hydrogen) atoms. The van der Waals surface area contributed by atoms with Crippen molar-refractivity contribution in [3.05, 3.63) is 36.0 Å². The minimum atomic E-state index is -3.03. The Hall–Kier alpha value is -2.59. The second-order valence-electron chi connectivity index (χ2n) is 8.00. The first-order valence-electron chi connectivity index (χ1n) is 10.1. The quantitative estimate of drug-likeness (QED) is 0.725. The fourth-order valence-corrected chi connectivity index (χ4v) is 5.76. The van der Waals surface area contributed by atoms with Crippen LogP contribution >= 0.6 is 0 Å². The summed E-state index contributed by atoms with van der Waals surface area (Å²) >= 11 is 0. The van der Waals surface area contributed by atoms with Crippen molar-refractivity contribution in [1.29, 1.82) is 0 Å². The van der Waals surface area contributed by atoms with Crippen molar-refractivity contribution in [2.24, 2.45) is 0 Å². The van der Waals surface area contributed by atoms with E-state index in [1.54, 1.807) is 22.9 Å². The summed E-state index contributed by atoms with van der Waals surface area (Å²) < 4.78 is 25.3. The molecule has 10 heteroatoms. The van der Waals surface area contributed by atoms with Crippen molar-refractivity contribution in [2.45, 2.75) is 19.4 Å². The molecule has 1 amide bonds. The van der Waals surface area contributed by atoms with E-state index in [4.69, 9.17) is 0 Å². The van der Waals surface area contributed by atoms with E-state index in [2.05, 4.69) is 20.2 Å². The summed E-state index contributed by atoms with van der Waals surface area (Å²) in [6.07, 6.45) is 0.519. The molecule has 2 saturated heterocycles. The fraction of sp³-hybridized carbons (Fsp3) is 0.500. The van der Waals surface area contributed by atoms with Crippen LogP contribution in [0.25, 0.3) is 0 Å². The Balaban J connectivity index is 1.32. The van der Waals surface area contributed by atoms with E-state index < -0.39 is 9.84 Å². The predicted molar refractivity (Wildman–Crippen MR) is 115 cm³/mol. The van der Waals surface area contributed by atoms with Gasteiger partial charge in [0.1, 0.15) is 11.6 Å². The third kappa shape index (κ3) is 4.76. The molecule has 1 unspecified atom stereocenters. The zero-order chi connectivity index (χ0) is 21.3. The SMILES string of the molecule is Cc1cc(NC(=O)CN2CCN(c3ccc(O)cc3)CC2)n(C2CCS(=O)(=O)C2)n1. The maximum atomic E-state index is 12.6. The van der Waals surface area contributed by atoms with Crippen molar-refractivity contribution in [3.63, 3.8) is 0 Å². The van der Waals surface area contributed by atoms with Gasteiger partial charge in [-0.3, -0.25) is 9.69 Å². The number of benzene rings is 1. The van der Waals surface area contributed by atoms with Crippen LogP contribution in [-0.2, 0) is 14.6 Å². The summed E-state index contributed by atoms with van der Waals surface area (Å²) in [5, 5.41) is 16.7. The molecule has 2 aliphatic rings. The van der Waals surface area contributed by atoms with E-state index in [1.165, 1.54) is 0 Å². The smallest absolute Gasteiger partial charge is 0.239 e. The average Bonchev–Trinajstić information content (AvgIpc) is 3.24. The number of amides is 1. The number of carbonyl (C=O) groups excluding carboxylic acids is 1. The fourth-order valence-electron chi connectivity index (χ4n) is 4.07. The number of nitrogens with zero attached hydrogens (tertiary/aromatic N) is 4. The molecule has 2 fully saturated rings. The summed E-state index contributed by atoms with van der Waals surface area (Å²) in [4.78, 5) is 16.9. The van der Waals surface area contributed by atoms with Gasteiger partial charge in [-0.2, -0.15) is 5.10 Å². The van der Waals surface area contributed by atoms with Crippen LogP contribution in [0.15, 0.2) is 30.3 Å². The minimum absolute atomic E-state index is 0.0657. The lowest BCUT2D eigenvalue weighted by atomic mass is 10.2. The summed E-state index contributed by atoms with van der Waals surface area (Å²) in [7, 11) is -3.03. The van der Waals surface area contributed by atoms with Gasteiger partial charge in [-0.15, -0.1) is 0 Å². The maximum Gasteiger partial charge on any atom is 0.239 e. The Morgan fingerprint density at radius 3 is 2.53 bits per heavy atom. The summed E-state index contributed by atoms with van der Waals surface area (Å²) in [5.74, 6) is 0.905. The summed E-state index contributed by atoms with van der Waals surface area (Å²) in [6.45, 7) is 5.22. The van der Waals surface area contributed by atoms with Crippen LogP contribution in [0.4, 0.5) is 11.5 Å². The predicted octanol–water partition coefficient (Wildman–Crippen LogP) is 1.02. The van der Waals surface area contributed by atoms with E-state index >= 15 is 0 Å². The highest BCUT2D eigenvalue weighted by Crippen LogP contribution is 2.27. The molecule has 162 valence electrons. The highest BCUT2D eigenvalue weighted by atomic mass is 32.2. The van der Waals surface area contributed by atoms with Crippen molar-refractivity contribution in [2.75, 3.05) is 54.4 Å². The second-order valence-corrected chi connectivity index (χ2v) is 10.2. The molecule has 1 atom stereocenters. The van der Waals surface area contributed by atoms with Gasteiger partial charge in [0.2, 0.25) is 5.91 Å². The number of carbonyl (C=O) groups is 1. The van der Waals surface area contributed by atoms with Gasteiger partial charge in [-0.1, -0.05) is 0 Å². The number of aromatic nitrogens is 2. The van der Waals surface area contributed by atoms with Gasteiger partial charge < -0.3 is 15.3 Å². The molecule has 2 aliphatic heterocycles. The molecule has 9 nitrogen and oxygen atoms in total. The maximum absolute atomic E-state index is 12.6. The zero-order valence-corrected chi connectivity index (χ0v) is 17.8. The largest absolute Gasteiger partial charge is 0.508 e. The number of aryl methyl sites for hydroxylation is 1. The lowest BCUT2D eigenvalue weighted by molar-refractivity contribution is -0.117. The first kappa shape index (κ1) is 20.7. The number of phenolic OH excluding ortho intramolecular Hbond substituents is 1. The number of aromatic hydroxyl groups is 1. The van der Waals surface area contributed by atoms with Gasteiger partial charge in [0.15, 0.2) is 9.84 Å². The van der Waals surface area contributed by atoms with Gasteiger partial charge in [-0.05, 0) is 37.6 Å². The van der Waals surface area contributed by atoms with E-state index in [9.17, 15) is 18.3 Å². The molecule has 0 saturated carbocycles. The number of hydrogen-bond acceptors (Lipinski definition) is 7. The Morgan fingerprint density at radius 1 is 1.20 bits per heavy atom. The molecular formula is C20H27N5O4S. The standard InChI is InChI=1S/C20H27N5O4S/c1-15-12-19(25(22-15)17-6-11-30(28,29)14-17)21-20(27)13-23-7-9-24(10-8-23)16-2-4-18(26)5-3-16/h2-5,12,17,26H,6-11,13-14H2,1H3,(H,21,27). The van der Waals surface area contributed by atoms with Crippen LogP contribution in [-0.4, -0.2) is 78.3 Å². The van der Waals surface area contributed by atoms with Crippen LogP contribution in [0.3, 0.4) is 0 Å². The van der Waals surface area contributed by atoms with Gasteiger partial charge in [0, 0.05) is 37.9 Å². The van der Waals surface area contributed by atoms with E-state index in [0.29, 0.717) is 12.2 Å². The molecule has 2 aromatic rings.